The van der Waals surface area contributed by atoms with Crippen molar-refractivity contribution in [1.82, 2.24) is 0 Å². The predicted molar refractivity (Wildman–Crippen MR) is 69.4 cm³/mol. The maximum absolute atomic E-state index is 13.0. The Kier molecular flexibility index (Phi) is 4.36. The molecular formula is C13H17F2O7S-. The van der Waals surface area contributed by atoms with E-state index in [0.717, 1.165) is 6.42 Å². The number of rotatable bonds is 7. The molecule has 0 N–H and O–H groups in total. The molecule has 0 aromatic carbocycles. The summed E-state index contributed by atoms with van der Waals surface area (Å²) in [6, 6.07) is 0. The molecule has 2 bridgehead atoms. The number of halogens is 2. The van der Waals surface area contributed by atoms with Gasteiger partial charge in [-0.05, 0) is 31.1 Å². The summed E-state index contributed by atoms with van der Waals surface area (Å²) in [5.74, 6) is -1.26. The number of hydrogen-bond acceptors (Lipinski definition) is 7. The first-order valence-corrected chi connectivity index (χ1v) is 8.81. The number of epoxide rings is 1. The van der Waals surface area contributed by atoms with Crippen LogP contribution in [0.1, 0.15) is 19.3 Å². The van der Waals surface area contributed by atoms with Crippen molar-refractivity contribution in [3.63, 3.8) is 0 Å². The number of carbonyl (C=O) groups excluding carboxylic acids is 1. The van der Waals surface area contributed by atoms with Crippen LogP contribution in [0.3, 0.4) is 0 Å². The van der Waals surface area contributed by atoms with Gasteiger partial charge in [0.15, 0.2) is 16.7 Å². The first-order valence-electron chi connectivity index (χ1n) is 7.40. The van der Waals surface area contributed by atoms with Crippen molar-refractivity contribution in [3.05, 3.63) is 0 Å². The van der Waals surface area contributed by atoms with Crippen molar-refractivity contribution in [1.29, 1.82) is 0 Å². The third-order valence-electron chi connectivity index (χ3n) is 4.74. The van der Waals surface area contributed by atoms with Crippen LogP contribution in [0.25, 0.3) is 0 Å². The zero-order valence-electron chi connectivity index (χ0n) is 12.2. The van der Waals surface area contributed by atoms with Crippen LogP contribution >= 0.6 is 0 Å². The minimum atomic E-state index is -5.84. The fourth-order valence-electron chi connectivity index (χ4n) is 3.45. The number of esters is 1. The summed E-state index contributed by atoms with van der Waals surface area (Å²) in [5, 5.41) is -4.60. The van der Waals surface area contributed by atoms with Crippen molar-refractivity contribution < 1.29 is 40.8 Å². The third kappa shape index (κ3) is 3.65. The molecule has 3 aliphatic rings. The Hall–Kier alpha value is -0.840. The fourth-order valence-corrected chi connectivity index (χ4v) is 3.65. The number of carbonyl (C=O) groups is 1. The molecule has 5 atom stereocenters. The molecule has 1 heterocycles. The third-order valence-corrected chi connectivity index (χ3v) is 5.59. The Labute approximate surface area is 132 Å². The van der Waals surface area contributed by atoms with Crippen LogP contribution in [0.4, 0.5) is 8.78 Å². The quantitative estimate of drug-likeness (QED) is 0.372. The molecule has 3 fully saturated rings. The number of hydrogen-bond donors (Lipinski definition) is 0. The lowest BCUT2D eigenvalue weighted by Gasteiger charge is -2.27. The molecule has 10 heteroatoms. The van der Waals surface area contributed by atoms with Gasteiger partial charge < -0.3 is 18.8 Å². The van der Waals surface area contributed by atoms with Crippen molar-refractivity contribution in [2.75, 3.05) is 19.8 Å². The van der Waals surface area contributed by atoms with E-state index in [1.807, 2.05) is 0 Å². The van der Waals surface area contributed by atoms with Gasteiger partial charge >= 0.3 is 11.2 Å². The molecule has 0 amide bonds. The summed E-state index contributed by atoms with van der Waals surface area (Å²) < 4.78 is 72.3. The average Bonchev–Trinajstić information content (AvgIpc) is 3.08. The van der Waals surface area contributed by atoms with Crippen LogP contribution in [-0.4, -0.2) is 56.2 Å². The van der Waals surface area contributed by atoms with Crippen LogP contribution < -0.4 is 0 Å². The van der Waals surface area contributed by atoms with Gasteiger partial charge in [-0.25, -0.2) is 8.42 Å². The van der Waals surface area contributed by atoms with E-state index < -0.39 is 33.9 Å². The normalized spacial score (nSPS) is 36.2. The van der Waals surface area contributed by atoms with Crippen molar-refractivity contribution >= 4 is 16.1 Å². The number of fused-ring (bicyclic) bond motifs is 2. The lowest BCUT2D eigenvalue weighted by atomic mass is 9.87. The standard InChI is InChI=1S/C13H18F2O7S/c14-13(15,23(17,18)19)6-22-12(16)10-2-8-1-7(10)3-11(8)21-5-9-4-20-9/h7-11H,1-6H2,(H,17,18,19)/p-1. The minimum absolute atomic E-state index is 0.0184. The zero-order valence-corrected chi connectivity index (χ0v) is 13.0. The van der Waals surface area contributed by atoms with E-state index in [1.165, 1.54) is 0 Å². The highest BCUT2D eigenvalue weighted by Crippen LogP contribution is 2.50. The van der Waals surface area contributed by atoms with E-state index in [9.17, 15) is 26.5 Å². The molecule has 1 aliphatic heterocycles. The van der Waals surface area contributed by atoms with Crippen LogP contribution in [0.2, 0.25) is 0 Å². The van der Waals surface area contributed by atoms with Crippen LogP contribution in [-0.2, 0) is 29.1 Å². The Morgan fingerprint density at radius 2 is 1.96 bits per heavy atom. The van der Waals surface area contributed by atoms with Gasteiger partial charge in [0, 0.05) is 0 Å². The summed E-state index contributed by atoms with van der Waals surface area (Å²) in [7, 11) is -5.84. The van der Waals surface area contributed by atoms with Gasteiger partial charge in [0.05, 0.1) is 25.2 Å². The molecule has 5 unspecified atom stereocenters. The molecule has 0 aromatic heterocycles. The van der Waals surface area contributed by atoms with Gasteiger partial charge in [-0.15, -0.1) is 0 Å². The second-order valence-corrected chi connectivity index (χ2v) is 7.87. The van der Waals surface area contributed by atoms with E-state index in [-0.39, 0.29) is 24.0 Å². The molecule has 3 rings (SSSR count). The molecule has 132 valence electrons. The highest BCUT2D eigenvalue weighted by Gasteiger charge is 2.50. The van der Waals surface area contributed by atoms with E-state index in [1.54, 1.807) is 0 Å². The molecule has 0 spiro atoms. The van der Waals surface area contributed by atoms with Gasteiger partial charge in [0.1, 0.15) is 6.10 Å². The molecule has 2 aliphatic carbocycles. The molecular weight excluding hydrogens is 338 g/mol. The van der Waals surface area contributed by atoms with Crippen LogP contribution in [0, 0.1) is 17.8 Å². The van der Waals surface area contributed by atoms with Gasteiger partial charge in [-0.2, -0.15) is 8.78 Å². The summed E-state index contributed by atoms with van der Waals surface area (Å²) in [4.78, 5) is 11.9. The van der Waals surface area contributed by atoms with Crippen molar-refractivity contribution in [3.8, 4) is 0 Å². The van der Waals surface area contributed by atoms with Gasteiger partial charge in [0.25, 0.3) is 0 Å². The summed E-state index contributed by atoms with van der Waals surface area (Å²) in [5.41, 5.74) is 0. The van der Waals surface area contributed by atoms with Crippen LogP contribution in [0.15, 0.2) is 0 Å². The SMILES string of the molecule is O=C(OCC(F)(F)S(=O)(=O)[O-])C1CC2CC1CC2OCC1CO1. The summed E-state index contributed by atoms with van der Waals surface area (Å²) >= 11 is 0. The lowest BCUT2D eigenvalue weighted by Crippen LogP contribution is -2.37. The zero-order chi connectivity index (χ0) is 16.8. The van der Waals surface area contributed by atoms with Crippen LogP contribution in [0.5, 0.6) is 0 Å². The summed E-state index contributed by atoms with van der Waals surface area (Å²) in [6.07, 6.45) is 2.07. The monoisotopic (exact) mass is 355 g/mol. The van der Waals surface area contributed by atoms with Crippen molar-refractivity contribution in [2.24, 2.45) is 17.8 Å². The molecule has 0 radical (unpaired) electrons. The van der Waals surface area contributed by atoms with Gasteiger partial charge in [0.2, 0.25) is 0 Å². The van der Waals surface area contributed by atoms with E-state index in [4.69, 9.17) is 9.47 Å². The summed E-state index contributed by atoms with van der Waals surface area (Å²) in [6.45, 7) is -0.506. The highest BCUT2D eigenvalue weighted by molar-refractivity contribution is 7.86. The molecule has 1 saturated heterocycles. The first-order chi connectivity index (χ1) is 10.7. The first kappa shape index (κ1) is 17.0. The van der Waals surface area contributed by atoms with E-state index in [0.29, 0.717) is 26.1 Å². The number of ether oxygens (including phenoxy) is 3. The highest BCUT2D eigenvalue weighted by atomic mass is 32.2. The Balaban J connectivity index is 1.47. The Morgan fingerprint density at radius 1 is 1.26 bits per heavy atom. The molecule has 23 heavy (non-hydrogen) atoms. The number of alkyl halides is 2. The molecule has 0 aromatic rings. The fraction of sp³-hybridized carbons (Fsp3) is 0.923. The molecule has 7 nitrogen and oxygen atoms in total. The Bertz CT molecular complexity index is 575. The maximum atomic E-state index is 13.0. The molecule has 2 saturated carbocycles. The Morgan fingerprint density at radius 3 is 2.48 bits per heavy atom. The van der Waals surface area contributed by atoms with Crippen molar-refractivity contribution in [2.45, 2.75) is 36.7 Å². The topological polar surface area (TPSA) is 105 Å². The largest absolute Gasteiger partial charge is 0.743 e. The predicted octanol–water partition coefficient (Wildman–Crippen LogP) is 0.498. The lowest BCUT2D eigenvalue weighted by molar-refractivity contribution is -0.157. The second kappa shape index (κ2) is 5.91. The van der Waals surface area contributed by atoms with E-state index >= 15 is 0 Å². The van der Waals surface area contributed by atoms with Gasteiger partial charge in [-0.1, -0.05) is 0 Å². The maximum Gasteiger partial charge on any atom is 0.367 e. The minimum Gasteiger partial charge on any atom is -0.743 e. The smallest absolute Gasteiger partial charge is 0.367 e. The average molecular weight is 355 g/mol. The second-order valence-electron chi connectivity index (χ2n) is 6.36. The van der Waals surface area contributed by atoms with E-state index in [2.05, 4.69) is 4.74 Å². The van der Waals surface area contributed by atoms with Gasteiger partial charge in [-0.3, -0.25) is 4.79 Å².